The molecule has 1 fully saturated rings. The van der Waals surface area contributed by atoms with Crippen molar-refractivity contribution < 1.29 is 8.42 Å². The fourth-order valence-corrected chi connectivity index (χ4v) is 5.57. The summed E-state index contributed by atoms with van der Waals surface area (Å²) in [5, 5.41) is 8.83. The minimum atomic E-state index is -3.80. The summed E-state index contributed by atoms with van der Waals surface area (Å²) in [6.45, 7) is 0.400. The van der Waals surface area contributed by atoms with E-state index in [9.17, 15) is 8.42 Å². The molecule has 4 rings (SSSR count). The van der Waals surface area contributed by atoms with E-state index in [4.69, 9.17) is 23.2 Å². The van der Waals surface area contributed by atoms with Gasteiger partial charge < -0.3 is 0 Å². The number of rotatable bonds is 3. The molecular formula is C16H14Cl2N4O2S. The minimum Gasteiger partial charge on any atom is -0.285 e. The van der Waals surface area contributed by atoms with Gasteiger partial charge in [-0.2, -0.15) is 4.31 Å². The number of fused-ring (bicyclic) bond motifs is 1. The molecule has 0 spiro atoms. The van der Waals surface area contributed by atoms with Crippen molar-refractivity contribution in [3.63, 3.8) is 0 Å². The van der Waals surface area contributed by atoms with Crippen LogP contribution in [0.25, 0.3) is 5.65 Å². The topological polar surface area (TPSA) is 67.6 Å². The molecule has 25 heavy (non-hydrogen) atoms. The molecule has 6 nitrogen and oxygen atoms in total. The first-order valence-electron chi connectivity index (χ1n) is 7.75. The second-order valence-corrected chi connectivity index (χ2v) is 8.54. The summed E-state index contributed by atoms with van der Waals surface area (Å²) >= 11 is 12.1. The van der Waals surface area contributed by atoms with E-state index in [0.717, 1.165) is 6.42 Å². The van der Waals surface area contributed by atoms with E-state index in [-0.39, 0.29) is 9.92 Å². The van der Waals surface area contributed by atoms with Gasteiger partial charge in [-0.15, -0.1) is 10.2 Å². The third kappa shape index (κ3) is 2.81. The molecule has 0 unspecified atom stereocenters. The van der Waals surface area contributed by atoms with E-state index in [2.05, 4.69) is 10.2 Å². The molecule has 1 aliphatic rings. The Morgan fingerprint density at radius 1 is 1.12 bits per heavy atom. The van der Waals surface area contributed by atoms with Gasteiger partial charge >= 0.3 is 0 Å². The van der Waals surface area contributed by atoms with Crippen molar-refractivity contribution in [2.75, 3.05) is 6.54 Å². The lowest BCUT2D eigenvalue weighted by molar-refractivity contribution is 0.381. The van der Waals surface area contributed by atoms with Gasteiger partial charge in [-0.25, -0.2) is 8.42 Å². The Morgan fingerprint density at radius 3 is 2.80 bits per heavy atom. The highest BCUT2D eigenvalue weighted by Crippen LogP contribution is 2.38. The standard InChI is InChI=1S/C16H14Cl2N4O2S/c17-11-6-7-12(18)14(10-11)25(23,24)22-9-3-4-13(22)16-20-19-15-5-1-2-8-21(15)16/h1-2,5-8,10,13H,3-4,9H2/t13-/m0/s1. The average Bonchev–Trinajstić information content (AvgIpc) is 3.23. The smallest absolute Gasteiger partial charge is 0.245 e. The van der Waals surface area contributed by atoms with E-state index in [1.54, 1.807) is 6.07 Å². The highest BCUT2D eigenvalue weighted by atomic mass is 35.5. The predicted molar refractivity (Wildman–Crippen MR) is 95.3 cm³/mol. The van der Waals surface area contributed by atoms with Gasteiger partial charge in [0, 0.05) is 17.8 Å². The van der Waals surface area contributed by atoms with Gasteiger partial charge in [0.05, 0.1) is 11.1 Å². The molecular weight excluding hydrogens is 383 g/mol. The largest absolute Gasteiger partial charge is 0.285 e. The van der Waals surface area contributed by atoms with Gasteiger partial charge in [0.25, 0.3) is 0 Å². The van der Waals surface area contributed by atoms with E-state index in [0.29, 0.717) is 29.5 Å². The number of pyridine rings is 1. The molecule has 1 saturated heterocycles. The highest BCUT2D eigenvalue weighted by molar-refractivity contribution is 7.89. The molecule has 0 radical (unpaired) electrons. The minimum absolute atomic E-state index is 0.0161. The number of halogens is 2. The molecule has 0 N–H and O–H groups in total. The Morgan fingerprint density at radius 2 is 1.96 bits per heavy atom. The van der Waals surface area contributed by atoms with Gasteiger partial charge in [0.2, 0.25) is 10.0 Å². The molecule has 9 heteroatoms. The van der Waals surface area contributed by atoms with Crippen LogP contribution in [0.5, 0.6) is 0 Å². The van der Waals surface area contributed by atoms with Crippen molar-refractivity contribution in [1.82, 2.24) is 18.9 Å². The molecule has 1 aromatic carbocycles. The van der Waals surface area contributed by atoms with Crippen LogP contribution in [0.1, 0.15) is 24.7 Å². The van der Waals surface area contributed by atoms with Gasteiger partial charge in [0.15, 0.2) is 11.5 Å². The molecule has 3 heterocycles. The number of hydrogen-bond acceptors (Lipinski definition) is 4. The summed E-state index contributed by atoms with van der Waals surface area (Å²) in [6, 6.07) is 9.61. The maximum Gasteiger partial charge on any atom is 0.245 e. The SMILES string of the molecule is O=S(=O)(c1cc(Cl)ccc1Cl)N1CCC[C@H]1c1nnc2ccccn12. The van der Waals surface area contributed by atoms with Crippen molar-refractivity contribution in [3.8, 4) is 0 Å². The number of sulfonamides is 1. The summed E-state index contributed by atoms with van der Waals surface area (Å²) in [6.07, 6.45) is 3.25. The first-order valence-corrected chi connectivity index (χ1v) is 9.94. The molecule has 3 aromatic rings. The number of hydrogen-bond donors (Lipinski definition) is 0. The average molecular weight is 397 g/mol. The summed E-state index contributed by atoms with van der Waals surface area (Å²) in [5.74, 6) is 0.606. The number of benzene rings is 1. The zero-order valence-corrected chi connectivity index (χ0v) is 15.3. The predicted octanol–water partition coefficient (Wildman–Crippen LogP) is 3.56. The van der Waals surface area contributed by atoms with Crippen LogP contribution >= 0.6 is 23.2 Å². The van der Waals surface area contributed by atoms with Crippen LogP contribution in [-0.2, 0) is 10.0 Å². The summed E-state index contributed by atoms with van der Waals surface area (Å²) < 4.78 is 29.6. The lowest BCUT2D eigenvalue weighted by atomic mass is 10.2. The summed E-state index contributed by atoms with van der Waals surface area (Å²) in [7, 11) is -3.80. The molecule has 1 atom stereocenters. The Hall–Kier alpha value is -1.67. The highest BCUT2D eigenvalue weighted by Gasteiger charge is 2.39. The van der Waals surface area contributed by atoms with E-state index in [1.165, 1.54) is 16.4 Å². The van der Waals surface area contributed by atoms with E-state index < -0.39 is 16.1 Å². The van der Waals surface area contributed by atoms with Crippen LogP contribution in [0.2, 0.25) is 10.0 Å². The monoisotopic (exact) mass is 396 g/mol. The molecule has 130 valence electrons. The normalized spacial score (nSPS) is 18.9. The molecule has 0 bridgehead atoms. The number of aromatic nitrogens is 3. The third-order valence-corrected chi connectivity index (χ3v) is 6.95. The second kappa shape index (κ2) is 6.25. The Labute approximate surface area is 155 Å². The lowest BCUT2D eigenvalue weighted by Gasteiger charge is -2.23. The quantitative estimate of drug-likeness (QED) is 0.678. The zero-order valence-electron chi connectivity index (χ0n) is 13.0. The van der Waals surface area contributed by atoms with Crippen molar-refractivity contribution in [1.29, 1.82) is 0 Å². The van der Waals surface area contributed by atoms with Crippen LogP contribution in [0.4, 0.5) is 0 Å². The van der Waals surface area contributed by atoms with Crippen molar-refractivity contribution in [3.05, 3.63) is 58.5 Å². The van der Waals surface area contributed by atoms with Gasteiger partial charge in [-0.05, 0) is 43.2 Å². The van der Waals surface area contributed by atoms with Crippen molar-refractivity contribution in [2.24, 2.45) is 0 Å². The van der Waals surface area contributed by atoms with Crippen LogP contribution in [-0.4, -0.2) is 33.9 Å². The molecule has 0 amide bonds. The maximum absolute atomic E-state index is 13.2. The Kier molecular flexibility index (Phi) is 4.19. The van der Waals surface area contributed by atoms with Gasteiger partial charge in [-0.3, -0.25) is 4.40 Å². The summed E-state index contributed by atoms with van der Waals surface area (Å²) in [5.41, 5.74) is 0.683. The Balaban J connectivity index is 1.80. The van der Waals surface area contributed by atoms with Crippen molar-refractivity contribution >= 4 is 38.9 Å². The van der Waals surface area contributed by atoms with Gasteiger partial charge in [0.1, 0.15) is 4.90 Å². The van der Waals surface area contributed by atoms with Gasteiger partial charge in [-0.1, -0.05) is 29.3 Å². The first-order chi connectivity index (χ1) is 12.0. The van der Waals surface area contributed by atoms with Crippen LogP contribution in [0, 0.1) is 0 Å². The van der Waals surface area contributed by atoms with Crippen LogP contribution < -0.4 is 0 Å². The van der Waals surface area contributed by atoms with Crippen LogP contribution in [0.3, 0.4) is 0 Å². The lowest BCUT2D eigenvalue weighted by Crippen LogP contribution is -2.31. The van der Waals surface area contributed by atoms with E-state index >= 15 is 0 Å². The fraction of sp³-hybridized carbons (Fsp3) is 0.250. The third-order valence-electron chi connectivity index (χ3n) is 4.32. The second-order valence-electron chi connectivity index (χ2n) is 5.84. The number of nitrogens with zero attached hydrogens (tertiary/aromatic N) is 4. The molecule has 0 saturated carbocycles. The molecule has 0 aliphatic carbocycles. The maximum atomic E-state index is 13.2. The van der Waals surface area contributed by atoms with Crippen LogP contribution in [0.15, 0.2) is 47.5 Å². The molecule has 2 aromatic heterocycles. The van der Waals surface area contributed by atoms with E-state index in [1.807, 2.05) is 28.8 Å². The zero-order chi connectivity index (χ0) is 17.6. The Bertz CT molecular complexity index is 1050. The fourth-order valence-electron chi connectivity index (χ4n) is 3.17. The first kappa shape index (κ1) is 16.8. The molecule has 1 aliphatic heterocycles. The van der Waals surface area contributed by atoms with Crippen molar-refractivity contribution in [2.45, 2.75) is 23.8 Å². The summed E-state index contributed by atoms with van der Waals surface area (Å²) in [4.78, 5) is 0.0161.